The molecule has 0 aliphatic heterocycles. The molecule has 0 aromatic carbocycles. The normalized spacial score (nSPS) is 22.7. The Balaban J connectivity index is 2.02. The van der Waals surface area contributed by atoms with E-state index in [-0.39, 0.29) is 11.8 Å². The number of carbonyl (C=O) groups excluding carboxylic acids is 1. The van der Waals surface area contributed by atoms with Gasteiger partial charge in [-0.1, -0.05) is 6.42 Å². The van der Waals surface area contributed by atoms with Crippen molar-refractivity contribution in [1.29, 1.82) is 0 Å². The average Bonchev–Trinajstić information content (AvgIpc) is 3.03. The van der Waals surface area contributed by atoms with Crippen LogP contribution in [0.15, 0.2) is 12.4 Å². The summed E-state index contributed by atoms with van der Waals surface area (Å²) in [5.41, 5.74) is 6.86. The van der Waals surface area contributed by atoms with Crippen LogP contribution in [-0.4, -0.2) is 33.7 Å². The Morgan fingerprint density at radius 3 is 2.95 bits per heavy atom. The molecule has 1 amide bonds. The minimum absolute atomic E-state index is 0.127. The van der Waals surface area contributed by atoms with Crippen molar-refractivity contribution in [2.24, 2.45) is 24.6 Å². The lowest BCUT2D eigenvalue weighted by Gasteiger charge is -2.26. The summed E-state index contributed by atoms with van der Waals surface area (Å²) in [5, 5.41) is 4.15. The van der Waals surface area contributed by atoms with Crippen LogP contribution in [0.5, 0.6) is 0 Å². The first-order chi connectivity index (χ1) is 9.15. The fourth-order valence-electron chi connectivity index (χ4n) is 3.00. The van der Waals surface area contributed by atoms with Gasteiger partial charge in [-0.05, 0) is 32.2 Å². The third kappa shape index (κ3) is 3.15. The summed E-state index contributed by atoms with van der Waals surface area (Å²) in [6, 6.07) is 0. The third-order valence-corrected chi connectivity index (χ3v) is 4.10. The largest absolute Gasteiger partial charge is 0.338 e. The highest BCUT2D eigenvalue weighted by atomic mass is 16.2. The zero-order chi connectivity index (χ0) is 13.8. The number of carbonyl (C=O) groups is 1. The molecule has 2 atom stereocenters. The van der Waals surface area contributed by atoms with Gasteiger partial charge in [0.05, 0.1) is 6.20 Å². The predicted molar refractivity (Wildman–Crippen MR) is 74.2 cm³/mol. The number of aromatic nitrogens is 2. The SMILES string of the molecule is CCN(Cc1cnn(C)c1)C(=O)[C@@H]1CCC[C@@H]1CN. The molecule has 1 saturated carbocycles. The maximum absolute atomic E-state index is 12.6. The van der Waals surface area contributed by atoms with E-state index in [1.165, 1.54) is 0 Å². The Morgan fingerprint density at radius 1 is 1.58 bits per heavy atom. The molecular formula is C14H24N4O. The summed E-state index contributed by atoms with van der Waals surface area (Å²) in [5.74, 6) is 0.761. The summed E-state index contributed by atoms with van der Waals surface area (Å²) < 4.78 is 1.77. The summed E-state index contributed by atoms with van der Waals surface area (Å²) in [7, 11) is 1.89. The molecular weight excluding hydrogens is 240 g/mol. The lowest BCUT2D eigenvalue weighted by Crippen LogP contribution is -2.38. The first-order valence-electron chi connectivity index (χ1n) is 7.12. The molecule has 2 N–H and O–H groups in total. The smallest absolute Gasteiger partial charge is 0.226 e. The highest BCUT2D eigenvalue weighted by Gasteiger charge is 2.34. The van der Waals surface area contributed by atoms with E-state index in [4.69, 9.17) is 5.73 Å². The van der Waals surface area contributed by atoms with E-state index in [1.54, 1.807) is 4.68 Å². The van der Waals surface area contributed by atoms with Gasteiger partial charge in [-0.25, -0.2) is 0 Å². The van der Waals surface area contributed by atoms with Gasteiger partial charge in [0, 0.05) is 37.8 Å². The second-order valence-corrected chi connectivity index (χ2v) is 5.41. The molecule has 1 aliphatic rings. The number of aryl methyl sites for hydroxylation is 1. The van der Waals surface area contributed by atoms with Gasteiger partial charge in [0.15, 0.2) is 0 Å². The van der Waals surface area contributed by atoms with E-state index in [0.717, 1.165) is 31.4 Å². The zero-order valence-corrected chi connectivity index (χ0v) is 11.9. The molecule has 5 nitrogen and oxygen atoms in total. The van der Waals surface area contributed by atoms with Crippen molar-refractivity contribution in [3.63, 3.8) is 0 Å². The molecule has 1 aromatic heterocycles. The van der Waals surface area contributed by atoms with Crippen LogP contribution in [0.3, 0.4) is 0 Å². The van der Waals surface area contributed by atoms with Crippen LogP contribution in [0, 0.1) is 11.8 Å². The number of rotatable bonds is 5. The Hall–Kier alpha value is -1.36. The monoisotopic (exact) mass is 264 g/mol. The number of nitrogens with two attached hydrogens (primary N) is 1. The van der Waals surface area contributed by atoms with Crippen molar-refractivity contribution >= 4 is 5.91 Å². The maximum Gasteiger partial charge on any atom is 0.226 e. The molecule has 2 rings (SSSR count). The van der Waals surface area contributed by atoms with Crippen LogP contribution >= 0.6 is 0 Å². The minimum Gasteiger partial charge on any atom is -0.338 e. The van der Waals surface area contributed by atoms with Crippen LogP contribution in [0.1, 0.15) is 31.7 Å². The van der Waals surface area contributed by atoms with Gasteiger partial charge >= 0.3 is 0 Å². The standard InChI is InChI=1S/C14H24N4O/c1-3-18(10-11-8-16-17(2)9-11)14(19)13-6-4-5-12(13)7-15/h8-9,12-13H,3-7,10,15H2,1-2H3/t12-,13-/m1/s1. The van der Waals surface area contributed by atoms with E-state index in [1.807, 2.05) is 31.3 Å². The van der Waals surface area contributed by atoms with E-state index in [2.05, 4.69) is 5.10 Å². The van der Waals surface area contributed by atoms with Crippen LogP contribution in [0.25, 0.3) is 0 Å². The molecule has 19 heavy (non-hydrogen) atoms. The number of nitrogens with zero attached hydrogens (tertiary/aromatic N) is 3. The molecule has 1 aliphatic carbocycles. The molecule has 0 spiro atoms. The quantitative estimate of drug-likeness (QED) is 0.867. The molecule has 0 unspecified atom stereocenters. The molecule has 0 radical (unpaired) electrons. The van der Waals surface area contributed by atoms with Crippen molar-refractivity contribution in [1.82, 2.24) is 14.7 Å². The summed E-state index contributed by atoms with van der Waals surface area (Å²) in [6.07, 6.45) is 7.00. The van der Waals surface area contributed by atoms with Crippen LogP contribution in [-0.2, 0) is 18.4 Å². The average molecular weight is 264 g/mol. The van der Waals surface area contributed by atoms with E-state index in [9.17, 15) is 4.79 Å². The number of hydrogen-bond donors (Lipinski definition) is 1. The van der Waals surface area contributed by atoms with Crippen LogP contribution < -0.4 is 5.73 Å². The van der Waals surface area contributed by atoms with Crippen molar-refractivity contribution in [2.45, 2.75) is 32.7 Å². The van der Waals surface area contributed by atoms with Gasteiger partial charge < -0.3 is 10.6 Å². The lowest BCUT2D eigenvalue weighted by molar-refractivity contribution is -0.137. The summed E-state index contributed by atoms with van der Waals surface area (Å²) in [4.78, 5) is 14.5. The second kappa shape index (κ2) is 6.19. The molecule has 1 aromatic rings. The van der Waals surface area contributed by atoms with Gasteiger partial charge in [0.1, 0.15) is 0 Å². The molecule has 0 saturated heterocycles. The van der Waals surface area contributed by atoms with E-state index in [0.29, 0.717) is 19.0 Å². The van der Waals surface area contributed by atoms with E-state index >= 15 is 0 Å². The van der Waals surface area contributed by atoms with Gasteiger partial charge in [0.25, 0.3) is 0 Å². The maximum atomic E-state index is 12.6. The first kappa shape index (κ1) is 14.1. The Bertz CT molecular complexity index is 429. The highest BCUT2D eigenvalue weighted by molar-refractivity contribution is 5.79. The Morgan fingerprint density at radius 2 is 2.37 bits per heavy atom. The zero-order valence-electron chi connectivity index (χ0n) is 11.9. The summed E-state index contributed by atoms with van der Waals surface area (Å²) in [6.45, 7) is 4.04. The molecule has 1 heterocycles. The lowest BCUT2D eigenvalue weighted by atomic mass is 9.94. The van der Waals surface area contributed by atoms with Gasteiger partial charge in [-0.15, -0.1) is 0 Å². The number of hydrogen-bond acceptors (Lipinski definition) is 3. The van der Waals surface area contributed by atoms with Crippen LogP contribution in [0.4, 0.5) is 0 Å². The fraction of sp³-hybridized carbons (Fsp3) is 0.714. The van der Waals surface area contributed by atoms with Crippen molar-refractivity contribution < 1.29 is 4.79 Å². The Kier molecular flexibility index (Phi) is 4.58. The van der Waals surface area contributed by atoms with Gasteiger partial charge in [-0.3, -0.25) is 9.48 Å². The van der Waals surface area contributed by atoms with Crippen LogP contribution in [0.2, 0.25) is 0 Å². The number of amides is 1. The van der Waals surface area contributed by atoms with Crippen molar-refractivity contribution in [3.8, 4) is 0 Å². The molecule has 106 valence electrons. The van der Waals surface area contributed by atoms with Gasteiger partial charge in [-0.2, -0.15) is 5.10 Å². The molecule has 5 heteroatoms. The molecule has 1 fully saturated rings. The predicted octanol–water partition coefficient (Wildman–Crippen LogP) is 1.14. The van der Waals surface area contributed by atoms with Gasteiger partial charge in [0.2, 0.25) is 5.91 Å². The topological polar surface area (TPSA) is 64.2 Å². The highest BCUT2D eigenvalue weighted by Crippen LogP contribution is 2.32. The van der Waals surface area contributed by atoms with E-state index < -0.39 is 0 Å². The second-order valence-electron chi connectivity index (χ2n) is 5.41. The fourth-order valence-corrected chi connectivity index (χ4v) is 3.00. The van der Waals surface area contributed by atoms with Crippen molar-refractivity contribution in [3.05, 3.63) is 18.0 Å². The molecule has 0 bridgehead atoms. The first-order valence-corrected chi connectivity index (χ1v) is 7.12. The Labute approximate surface area is 114 Å². The van der Waals surface area contributed by atoms with Crippen molar-refractivity contribution in [2.75, 3.05) is 13.1 Å². The minimum atomic E-state index is 0.127. The third-order valence-electron chi connectivity index (χ3n) is 4.10. The summed E-state index contributed by atoms with van der Waals surface area (Å²) >= 11 is 0.